The molecule has 4 N–H and O–H groups in total. The molecule has 0 aromatic heterocycles. The SMILES string of the molecule is CCCCCCCCCCCCCCCCCCNC(=O)C1(C(=O)NCCCCCCCCCCCCCCCCCC)Nc2cccc3c(/N=N/c4ccc5ccccc5c4/N=N/c4ccccc4)ccc(c23)N1. The molecule has 6 rings (SSSR count). The molecular weight excluding hydrogens is 925 g/mol. The second kappa shape index (κ2) is 34.8. The largest absolute Gasteiger partial charge is 0.352 e. The molecule has 2 amide bonds. The number of carbonyl (C=O) groups excluding carboxylic acids is 2. The van der Waals surface area contributed by atoms with Gasteiger partial charge >= 0.3 is 0 Å². The lowest BCUT2D eigenvalue weighted by molar-refractivity contribution is -0.134. The minimum absolute atomic E-state index is 0.382. The van der Waals surface area contributed by atoms with Crippen molar-refractivity contribution in [1.29, 1.82) is 0 Å². The van der Waals surface area contributed by atoms with Gasteiger partial charge in [0.25, 0.3) is 17.5 Å². The lowest BCUT2D eigenvalue weighted by Gasteiger charge is -2.38. The highest BCUT2D eigenvalue weighted by molar-refractivity contribution is 6.20. The quantitative estimate of drug-likeness (QED) is 0.0177. The Morgan fingerprint density at radius 3 is 1.31 bits per heavy atom. The van der Waals surface area contributed by atoms with Crippen LogP contribution in [0.25, 0.3) is 21.5 Å². The first-order chi connectivity index (χ1) is 37.0. The molecule has 0 aliphatic carbocycles. The Labute approximate surface area is 452 Å². The number of hydrogen-bond acceptors (Lipinski definition) is 8. The fourth-order valence-electron chi connectivity index (χ4n) is 10.6. The Hall–Kier alpha value is -5.64. The van der Waals surface area contributed by atoms with Gasteiger partial charge in [0.15, 0.2) is 0 Å². The maximum absolute atomic E-state index is 14.5. The minimum atomic E-state index is -1.74. The van der Waals surface area contributed by atoms with Gasteiger partial charge in [-0.1, -0.05) is 267 Å². The number of unbranched alkanes of at least 4 members (excludes halogenated alkanes) is 30. The first-order valence-electron chi connectivity index (χ1n) is 30.1. The van der Waals surface area contributed by atoms with Crippen LogP contribution in [-0.4, -0.2) is 30.6 Å². The normalized spacial score (nSPS) is 12.9. The predicted octanol–water partition coefficient (Wildman–Crippen LogP) is 20.1. The molecule has 75 heavy (non-hydrogen) atoms. The standard InChI is InChI=1S/C65H94N8O2/c1-3-5-7-9-11-13-15-17-19-21-23-25-27-29-31-38-51-66-63(74)65(64(75)67-52-39-32-30-28-26-24-22-20-18-16-14-12-10-8-6-4-2)68-58-46-40-45-56-57(49-50-59(69-65)61(56)58)71-72-60-48-47-53-41-36-37-44-55(53)62(60)73-70-54-42-34-33-35-43-54/h33-37,40-50,68-69H,3-32,38-39,51-52H2,1-2H3,(H,66,74)(H,67,75)/b72-71+,73-70+. The third-order valence-corrected chi connectivity index (χ3v) is 15.1. The molecule has 0 saturated heterocycles. The second-order valence-electron chi connectivity index (χ2n) is 21.4. The summed E-state index contributed by atoms with van der Waals surface area (Å²) in [6.07, 6.45) is 41.4. The Balaban J connectivity index is 1.03. The molecule has 0 atom stereocenters. The first-order valence-corrected chi connectivity index (χ1v) is 30.1. The molecule has 10 heteroatoms. The zero-order valence-corrected chi connectivity index (χ0v) is 46.4. The number of anilines is 2. The Kier molecular flexibility index (Phi) is 27.2. The fourth-order valence-corrected chi connectivity index (χ4v) is 10.6. The maximum Gasteiger partial charge on any atom is 0.276 e. The van der Waals surface area contributed by atoms with E-state index in [2.05, 4.69) is 45.3 Å². The van der Waals surface area contributed by atoms with Crippen LogP contribution in [0, 0.1) is 0 Å². The van der Waals surface area contributed by atoms with Crippen LogP contribution >= 0.6 is 0 Å². The lowest BCUT2D eigenvalue weighted by atomic mass is 9.96. The van der Waals surface area contributed by atoms with Crippen molar-refractivity contribution in [3.05, 3.63) is 97.1 Å². The molecule has 0 fully saturated rings. The monoisotopic (exact) mass is 1020 g/mol. The van der Waals surface area contributed by atoms with E-state index in [4.69, 9.17) is 10.2 Å². The van der Waals surface area contributed by atoms with Crippen LogP contribution in [-0.2, 0) is 9.59 Å². The van der Waals surface area contributed by atoms with Gasteiger partial charge in [-0.15, -0.1) is 15.3 Å². The van der Waals surface area contributed by atoms with E-state index in [0.717, 1.165) is 65.8 Å². The Bertz CT molecular complexity index is 2400. The zero-order valence-electron chi connectivity index (χ0n) is 46.4. The van der Waals surface area contributed by atoms with E-state index in [1.807, 2.05) is 97.1 Å². The van der Waals surface area contributed by atoms with Crippen molar-refractivity contribution >= 4 is 67.5 Å². The molecule has 0 saturated carbocycles. The molecule has 406 valence electrons. The van der Waals surface area contributed by atoms with E-state index in [9.17, 15) is 9.59 Å². The number of rotatable bonds is 40. The van der Waals surface area contributed by atoms with Crippen molar-refractivity contribution in [2.45, 2.75) is 225 Å². The summed E-state index contributed by atoms with van der Waals surface area (Å²) in [5, 5.41) is 35.6. The van der Waals surface area contributed by atoms with Crippen LogP contribution in [0.1, 0.15) is 219 Å². The van der Waals surface area contributed by atoms with Crippen molar-refractivity contribution in [3.8, 4) is 0 Å². The molecular formula is C65H94N8O2. The van der Waals surface area contributed by atoms with Gasteiger partial charge in [0, 0.05) is 40.6 Å². The number of carbonyl (C=O) groups is 2. The van der Waals surface area contributed by atoms with Crippen LogP contribution in [0.3, 0.4) is 0 Å². The zero-order chi connectivity index (χ0) is 52.4. The molecule has 5 aromatic rings. The summed E-state index contributed by atoms with van der Waals surface area (Å²) in [5.74, 6) is -0.763. The van der Waals surface area contributed by atoms with E-state index in [0.29, 0.717) is 41.5 Å². The van der Waals surface area contributed by atoms with Crippen LogP contribution in [0.15, 0.2) is 118 Å². The summed E-state index contributed by atoms with van der Waals surface area (Å²) >= 11 is 0. The van der Waals surface area contributed by atoms with E-state index >= 15 is 0 Å². The summed E-state index contributed by atoms with van der Waals surface area (Å²) < 4.78 is 0. The highest BCUT2D eigenvalue weighted by atomic mass is 16.2. The van der Waals surface area contributed by atoms with Gasteiger partial charge in [-0.25, -0.2) is 0 Å². The number of amides is 2. The van der Waals surface area contributed by atoms with Gasteiger partial charge in [-0.2, -0.15) is 5.11 Å². The average Bonchev–Trinajstić information content (AvgIpc) is 3.44. The molecule has 1 aliphatic heterocycles. The molecule has 5 aromatic carbocycles. The fraction of sp³-hybridized carbons (Fsp3) is 0.569. The first kappa shape index (κ1) is 58.6. The van der Waals surface area contributed by atoms with Gasteiger partial charge in [0.05, 0.1) is 11.4 Å². The molecule has 0 spiro atoms. The van der Waals surface area contributed by atoms with Crippen LogP contribution < -0.4 is 21.3 Å². The maximum atomic E-state index is 14.5. The highest BCUT2D eigenvalue weighted by Crippen LogP contribution is 2.44. The van der Waals surface area contributed by atoms with Crippen LogP contribution in [0.5, 0.6) is 0 Å². The number of fused-ring (bicyclic) bond motifs is 1. The van der Waals surface area contributed by atoms with Gasteiger partial charge in [-0.05, 0) is 54.6 Å². The number of nitrogens with one attached hydrogen (secondary N) is 4. The number of azo groups is 2. The molecule has 1 aliphatic rings. The summed E-state index contributed by atoms with van der Waals surface area (Å²) in [5.41, 5.74) is 2.23. The van der Waals surface area contributed by atoms with Crippen molar-refractivity contribution in [3.63, 3.8) is 0 Å². The third-order valence-electron chi connectivity index (χ3n) is 15.1. The predicted molar refractivity (Wildman–Crippen MR) is 318 cm³/mol. The van der Waals surface area contributed by atoms with Gasteiger partial charge < -0.3 is 21.3 Å². The van der Waals surface area contributed by atoms with E-state index in [1.165, 1.54) is 167 Å². The summed E-state index contributed by atoms with van der Waals surface area (Å²) in [7, 11) is 0. The van der Waals surface area contributed by atoms with Crippen molar-refractivity contribution in [2.75, 3.05) is 23.7 Å². The third kappa shape index (κ3) is 19.8. The number of nitrogens with zero attached hydrogens (tertiary/aromatic N) is 4. The topological polar surface area (TPSA) is 132 Å². The average molecular weight is 1020 g/mol. The lowest BCUT2D eigenvalue weighted by Crippen LogP contribution is -2.67. The van der Waals surface area contributed by atoms with Crippen molar-refractivity contribution in [2.24, 2.45) is 20.5 Å². The van der Waals surface area contributed by atoms with Crippen LogP contribution in [0.2, 0.25) is 0 Å². The second-order valence-corrected chi connectivity index (χ2v) is 21.4. The van der Waals surface area contributed by atoms with E-state index < -0.39 is 5.66 Å². The molecule has 10 nitrogen and oxygen atoms in total. The molecule has 0 radical (unpaired) electrons. The van der Waals surface area contributed by atoms with E-state index in [1.54, 1.807) is 0 Å². The van der Waals surface area contributed by atoms with Gasteiger partial charge in [-0.3, -0.25) is 9.59 Å². The van der Waals surface area contributed by atoms with Gasteiger partial charge in [0.2, 0.25) is 0 Å². The molecule has 0 unspecified atom stereocenters. The molecule has 1 heterocycles. The van der Waals surface area contributed by atoms with Crippen LogP contribution in [0.4, 0.5) is 34.1 Å². The number of hydrogen-bond donors (Lipinski definition) is 4. The van der Waals surface area contributed by atoms with E-state index in [-0.39, 0.29) is 11.8 Å². The Morgan fingerprint density at radius 1 is 0.387 bits per heavy atom. The summed E-state index contributed by atoms with van der Waals surface area (Å²) in [6, 6.07) is 31.3. The Morgan fingerprint density at radius 2 is 0.800 bits per heavy atom. The summed E-state index contributed by atoms with van der Waals surface area (Å²) in [4.78, 5) is 29.0. The van der Waals surface area contributed by atoms with Crippen molar-refractivity contribution < 1.29 is 9.59 Å². The highest BCUT2D eigenvalue weighted by Gasteiger charge is 2.49. The van der Waals surface area contributed by atoms with Gasteiger partial charge in [0.1, 0.15) is 11.4 Å². The smallest absolute Gasteiger partial charge is 0.276 e. The molecule has 0 bridgehead atoms. The summed E-state index contributed by atoms with van der Waals surface area (Å²) in [6.45, 7) is 5.58. The minimum Gasteiger partial charge on any atom is -0.352 e. The van der Waals surface area contributed by atoms with Crippen molar-refractivity contribution in [1.82, 2.24) is 10.6 Å². The number of benzene rings is 5.